The van der Waals surface area contributed by atoms with Crippen molar-refractivity contribution in [2.75, 3.05) is 0 Å². The van der Waals surface area contributed by atoms with Crippen LogP contribution in [-0.4, -0.2) is 19.1 Å². The number of rotatable bonds is 6. The Morgan fingerprint density at radius 2 is 0.738 bits per heavy atom. The number of fused-ring (bicyclic) bond motifs is 16. The summed E-state index contributed by atoms with van der Waals surface area (Å²) in [4.78, 5) is 10.0. The molecule has 0 radical (unpaired) electrons. The molecule has 4 nitrogen and oxygen atoms in total. The lowest BCUT2D eigenvalue weighted by Crippen LogP contribution is -1.97. The molecule has 0 aliphatic carbocycles. The molecule has 18 aromatic rings. The highest BCUT2D eigenvalue weighted by atomic mass is 32.1. The molecule has 0 unspecified atom stereocenters. The predicted molar refractivity (Wildman–Crippen MR) is 360 cm³/mol. The number of hydrogen-bond acceptors (Lipinski definition) is 4. The van der Waals surface area contributed by atoms with Crippen LogP contribution < -0.4 is 0 Å². The van der Waals surface area contributed by atoms with Crippen LogP contribution in [0.4, 0.5) is 0 Å². The molecule has 6 heterocycles. The van der Waals surface area contributed by atoms with Gasteiger partial charge in [0.15, 0.2) is 0 Å². The summed E-state index contributed by atoms with van der Waals surface area (Å²) in [6, 6.07) is 100. The fourth-order valence-electron chi connectivity index (χ4n) is 13.0. The molecule has 84 heavy (non-hydrogen) atoms. The van der Waals surface area contributed by atoms with Gasteiger partial charge in [-0.25, -0.2) is 9.97 Å². The van der Waals surface area contributed by atoms with Crippen LogP contribution in [-0.2, 0) is 0 Å². The lowest BCUT2D eigenvalue weighted by Gasteiger charge is -2.10. The lowest BCUT2D eigenvalue weighted by atomic mass is 9.98. The van der Waals surface area contributed by atoms with E-state index < -0.39 is 0 Å². The van der Waals surface area contributed by atoms with Crippen LogP contribution in [0.25, 0.3) is 162 Å². The molecule has 392 valence electrons. The number of benzene rings is 12. The zero-order valence-electron chi connectivity index (χ0n) is 45.3. The zero-order chi connectivity index (χ0) is 55.2. The number of nitrogens with zero attached hydrogens (tertiary/aromatic N) is 4. The summed E-state index contributed by atoms with van der Waals surface area (Å²) in [5, 5.41) is 15.3. The first-order chi connectivity index (χ1) is 41.7. The Morgan fingerprint density at radius 3 is 1.40 bits per heavy atom. The Balaban J connectivity index is 0.000000132. The summed E-state index contributed by atoms with van der Waals surface area (Å²) in [6.07, 6.45) is 4.01. The fraction of sp³-hybridized carbons (Fsp3) is 0. The van der Waals surface area contributed by atoms with Gasteiger partial charge in [0.25, 0.3) is 0 Å². The summed E-state index contributed by atoms with van der Waals surface area (Å²) in [6.45, 7) is 0. The minimum Gasteiger partial charge on any atom is -0.294 e. The van der Waals surface area contributed by atoms with Gasteiger partial charge in [-0.1, -0.05) is 218 Å². The lowest BCUT2D eigenvalue weighted by molar-refractivity contribution is 1.08. The maximum atomic E-state index is 5.02. The van der Waals surface area contributed by atoms with Gasteiger partial charge in [0, 0.05) is 90.8 Å². The Morgan fingerprint density at radius 1 is 0.262 bits per heavy atom. The molecule has 0 bridgehead atoms. The molecule has 0 aliphatic rings. The Kier molecular flexibility index (Phi) is 11.3. The van der Waals surface area contributed by atoms with Crippen LogP contribution in [0.3, 0.4) is 0 Å². The first kappa shape index (κ1) is 48.2. The predicted octanol–water partition coefficient (Wildman–Crippen LogP) is 22.1. The number of hydrogen-bond donors (Lipinski definition) is 0. The quantitative estimate of drug-likeness (QED) is 0.166. The topological polar surface area (TPSA) is 35.6 Å². The molecule has 0 aliphatic heterocycles. The fourth-order valence-corrected chi connectivity index (χ4v) is 15.5. The maximum absolute atomic E-state index is 5.02. The van der Waals surface area contributed by atoms with Gasteiger partial charge in [-0.15, -0.1) is 22.7 Å². The third kappa shape index (κ3) is 7.80. The molecule has 6 heteroatoms. The van der Waals surface area contributed by atoms with Crippen molar-refractivity contribution in [3.63, 3.8) is 0 Å². The third-order valence-corrected chi connectivity index (χ3v) is 19.4. The smallest absolute Gasteiger partial charge is 0.137 e. The molecule has 0 spiro atoms. The van der Waals surface area contributed by atoms with Crippen molar-refractivity contribution in [3.05, 3.63) is 291 Å². The number of para-hydroxylation sites is 2. The highest BCUT2D eigenvalue weighted by molar-refractivity contribution is 7.26. The molecule has 0 fully saturated rings. The van der Waals surface area contributed by atoms with E-state index in [9.17, 15) is 0 Å². The maximum Gasteiger partial charge on any atom is 0.137 e. The van der Waals surface area contributed by atoms with Crippen molar-refractivity contribution < 1.29 is 0 Å². The van der Waals surface area contributed by atoms with Gasteiger partial charge < -0.3 is 0 Å². The number of thiophene rings is 2. The SMILES string of the molecule is c1cc(-c2ccc(-n3c4ccccc4c4c5ccccc5ccc43)nc2)cc(-c2cccc3c2sc2ccccc23)c1.c1ccc2c(c1)ccc1c3ccccc3n(-c3ccc(-c4ccc(-c5cccc6c5sc5ccccc56)cc4)cn3)c21. The second-order valence-corrected chi connectivity index (χ2v) is 23.7. The van der Waals surface area contributed by atoms with Crippen LogP contribution in [0.1, 0.15) is 0 Å². The van der Waals surface area contributed by atoms with Crippen molar-refractivity contribution >= 4 is 128 Å². The average Bonchev–Trinajstić information content (AvgIpc) is 4.07. The molecule has 0 atom stereocenters. The minimum atomic E-state index is 0.923. The first-order valence-electron chi connectivity index (χ1n) is 28.4. The van der Waals surface area contributed by atoms with Gasteiger partial charge >= 0.3 is 0 Å². The molecule has 0 amide bonds. The van der Waals surface area contributed by atoms with Crippen LogP contribution in [0.2, 0.25) is 0 Å². The van der Waals surface area contributed by atoms with E-state index in [0.717, 1.165) is 33.9 Å². The summed E-state index contributed by atoms with van der Waals surface area (Å²) in [7, 11) is 0. The van der Waals surface area contributed by atoms with Gasteiger partial charge in [0.1, 0.15) is 11.6 Å². The van der Waals surface area contributed by atoms with Crippen LogP contribution in [0.5, 0.6) is 0 Å². The van der Waals surface area contributed by atoms with E-state index in [1.807, 2.05) is 35.1 Å². The molecule has 0 N–H and O–H groups in total. The highest BCUT2D eigenvalue weighted by Gasteiger charge is 2.19. The van der Waals surface area contributed by atoms with Crippen LogP contribution in [0, 0.1) is 0 Å². The summed E-state index contributed by atoms with van der Waals surface area (Å²) >= 11 is 3.75. The van der Waals surface area contributed by atoms with Crippen molar-refractivity contribution in [2.24, 2.45) is 0 Å². The van der Waals surface area contributed by atoms with Crippen LogP contribution in [0.15, 0.2) is 291 Å². The summed E-state index contributed by atoms with van der Waals surface area (Å²) < 4.78 is 9.94. The average molecular weight is 1110 g/mol. The van der Waals surface area contributed by atoms with E-state index in [4.69, 9.17) is 9.97 Å². The van der Waals surface area contributed by atoms with E-state index in [0.29, 0.717) is 0 Å². The summed E-state index contributed by atoms with van der Waals surface area (Å²) in [5.74, 6) is 1.85. The van der Waals surface area contributed by atoms with Gasteiger partial charge in [0.05, 0.1) is 22.1 Å². The van der Waals surface area contributed by atoms with Gasteiger partial charge in [-0.2, -0.15) is 0 Å². The Hall–Kier alpha value is -10.5. The van der Waals surface area contributed by atoms with E-state index in [-0.39, 0.29) is 0 Å². The van der Waals surface area contributed by atoms with Crippen molar-refractivity contribution in [1.82, 2.24) is 19.1 Å². The van der Waals surface area contributed by atoms with E-state index >= 15 is 0 Å². The molecule has 6 aromatic heterocycles. The second-order valence-electron chi connectivity index (χ2n) is 21.6. The largest absolute Gasteiger partial charge is 0.294 e. The Bertz CT molecular complexity index is 5610. The number of aromatic nitrogens is 4. The first-order valence-corrected chi connectivity index (χ1v) is 30.1. The Labute approximate surface area is 491 Å². The number of pyridine rings is 2. The molecule has 0 saturated heterocycles. The van der Waals surface area contributed by atoms with E-state index in [1.54, 1.807) is 0 Å². The zero-order valence-corrected chi connectivity index (χ0v) is 47.0. The molecular weight excluding hydrogens is 1060 g/mol. The van der Waals surface area contributed by atoms with Crippen LogP contribution >= 0.6 is 22.7 Å². The molecular formula is C78H48N4S2. The standard InChI is InChI=1S/2C39H24N2S/c1-2-12-29-25(9-1)19-21-35-38(29)33-14-3-5-17-34(33)41(35)37-22-20-28(24-40-37)26-10-7-11-27(23-26)30-15-8-16-32-31-13-4-6-18-36(31)42-39(30)32;1-2-9-29-26(8-1)20-22-33-31-10-3-5-14-35(31)41(38(29)33)37-23-21-28(24-40-37)25-16-18-27(19-17-25)30-12-7-13-34-32-11-4-6-15-36(32)42-39(30)34/h2*1-24H. The monoisotopic (exact) mass is 1100 g/mol. The van der Waals surface area contributed by atoms with E-state index in [1.165, 1.54) is 128 Å². The normalized spacial score (nSPS) is 11.8. The molecule has 18 rings (SSSR count). The highest BCUT2D eigenvalue weighted by Crippen LogP contribution is 2.44. The van der Waals surface area contributed by atoms with Gasteiger partial charge in [-0.3, -0.25) is 9.13 Å². The third-order valence-electron chi connectivity index (χ3n) is 16.9. The molecule has 12 aromatic carbocycles. The van der Waals surface area contributed by atoms with Gasteiger partial charge in [-0.05, 0) is 110 Å². The minimum absolute atomic E-state index is 0.923. The summed E-state index contributed by atoms with van der Waals surface area (Å²) in [5.41, 5.74) is 14.3. The molecule has 0 saturated carbocycles. The van der Waals surface area contributed by atoms with Crippen molar-refractivity contribution in [3.8, 4) is 56.1 Å². The van der Waals surface area contributed by atoms with E-state index in [2.05, 4.69) is 288 Å². The van der Waals surface area contributed by atoms with Crippen molar-refractivity contribution in [2.45, 2.75) is 0 Å². The second kappa shape index (κ2) is 19.6. The van der Waals surface area contributed by atoms with Gasteiger partial charge in [0.2, 0.25) is 0 Å². The van der Waals surface area contributed by atoms with Crippen molar-refractivity contribution in [1.29, 1.82) is 0 Å².